The summed E-state index contributed by atoms with van der Waals surface area (Å²) in [4.78, 5) is 12.4. The largest absolute Gasteiger partial charge is 0.507 e. The summed E-state index contributed by atoms with van der Waals surface area (Å²) >= 11 is 11.6. The van der Waals surface area contributed by atoms with Crippen LogP contribution in [0.5, 0.6) is 5.75 Å². The Labute approximate surface area is 143 Å². The van der Waals surface area contributed by atoms with Crippen molar-refractivity contribution in [2.24, 2.45) is 5.73 Å². The summed E-state index contributed by atoms with van der Waals surface area (Å²) in [5, 5.41) is 12.5. The molecule has 0 unspecified atom stereocenters. The lowest BCUT2D eigenvalue weighted by molar-refractivity contribution is 0.102. The number of nitrogens with one attached hydrogen (secondary N) is 1. The minimum Gasteiger partial charge on any atom is -0.507 e. The van der Waals surface area contributed by atoms with Crippen molar-refractivity contribution in [2.45, 2.75) is 0 Å². The number of thiocarbonyl (C=S) groups is 1. The molecule has 0 saturated heterocycles. The van der Waals surface area contributed by atoms with E-state index in [0.717, 1.165) is 4.47 Å². The molecule has 0 heterocycles. The molecule has 0 saturated carbocycles. The van der Waals surface area contributed by atoms with Crippen LogP contribution >= 0.6 is 44.1 Å². The van der Waals surface area contributed by atoms with Gasteiger partial charge in [-0.15, -0.1) is 0 Å². The molecule has 21 heavy (non-hydrogen) atoms. The number of hydrogen-bond acceptors (Lipinski definition) is 3. The number of carbonyl (C=O) groups excluding carboxylic acids is 1. The van der Waals surface area contributed by atoms with Crippen molar-refractivity contribution in [1.29, 1.82) is 0 Å². The van der Waals surface area contributed by atoms with Gasteiger partial charge >= 0.3 is 0 Å². The Balaban J connectivity index is 2.36. The lowest BCUT2D eigenvalue weighted by Crippen LogP contribution is -2.17. The van der Waals surface area contributed by atoms with Crippen molar-refractivity contribution in [3.05, 3.63) is 56.5 Å². The lowest BCUT2D eigenvalue weighted by Gasteiger charge is -2.11. The minimum atomic E-state index is -0.450. The molecule has 0 atom stereocenters. The SMILES string of the molecule is NC(=S)c1cc(Br)ccc1NC(=O)c1cc(Br)ccc1O. The van der Waals surface area contributed by atoms with E-state index in [0.29, 0.717) is 15.7 Å². The first-order valence-corrected chi connectivity index (χ1v) is 7.77. The molecule has 7 heteroatoms. The Bertz CT molecular complexity index is 735. The number of carbonyl (C=O) groups is 1. The van der Waals surface area contributed by atoms with Crippen molar-refractivity contribution < 1.29 is 9.90 Å². The number of anilines is 1. The number of halogens is 2. The molecule has 0 radical (unpaired) electrons. The summed E-state index contributed by atoms with van der Waals surface area (Å²) in [7, 11) is 0. The average molecular weight is 430 g/mol. The number of benzene rings is 2. The molecule has 0 aromatic heterocycles. The van der Waals surface area contributed by atoms with Gasteiger partial charge in [0.1, 0.15) is 10.7 Å². The molecule has 4 nitrogen and oxygen atoms in total. The van der Waals surface area contributed by atoms with Crippen LogP contribution in [0.3, 0.4) is 0 Å². The molecule has 2 rings (SSSR count). The van der Waals surface area contributed by atoms with Crippen LogP contribution in [0.15, 0.2) is 45.3 Å². The van der Waals surface area contributed by atoms with Crippen molar-refractivity contribution >= 4 is 60.7 Å². The number of phenols is 1. The number of aromatic hydroxyl groups is 1. The van der Waals surface area contributed by atoms with E-state index in [-0.39, 0.29) is 16.3 Å². The lowest BCUT2D eigenvalue weighted by atomic mass is 10.1. The van der Waals surface area contributed by atoms with Crippen molar-refractivity contribution in [2.75, 3.05) is 5.32 Å². The first-order chi connectivity index (χ1) is 9.88. The van der Waals surface area contributed by atoms with Gasteiger partial charge in [0.15, 0.2) is 0 Å². The van der Waals surface area contributed by atoms with E-state index in [1.54, 1.807) is 24.3 Å². The Morgan fingerprint density at radius 2 is 1.67 bits per heavy atom. The van der Waals surface area contributed by atoms with Crippen LogP contribution in [-0.4, -0.2) is 16.0 Å². The predicted molar refractivity (Wildman–Crippen MR) is 93.8 cm³/mol. The molecule has 1 amide bonds. The fourth-order valence-corrected chi connectivity index (χ4v) is 2.60. The highest BCUT2D eigenvalue weighted by atomic mass is 79.9. The second-order valence-electron chi connectivity index (χ2n) is 4.17. The number of rotatable bonds is 3. The summed E-state index contributed by atoms with van der Waals surface area (Å²) in [5.41, 5.74) is 6.83. The summed E-state index contributed by atoms with van der Waals surface area (Å²) in [6.07, 6.45) is 0. The predicted octanol–water partition coefficient (Wildman–Crippen LogP) is 3.80. The molecule has 108 valence electrons. The Kier molecular flexibility index (Phi) is 4.97. The number of hydrogen-bond donors (Lipinski definition) is 3. The fraction of sp³-hybridized carbons (Fsp3) is 0. The average Bonchev–Trinajstić information content (AvgIpc) is 2.43. The first kappa shape index (κ1) is 15.9. The summed E-state index contributed by atoms with van der Waals surface area (Å²) in [5.74, 6) is -0.557. The molecule has 0 bridgehead atoms. The molecule has 0 aliphatic heterocycles. The second kappa shape index (κ2) is 6.55. The Hall–Kier alpha value is -1.44. The van der Waals surface area contributed by atoms with Crippen molar-refractivity contribution in [1.82, 2.24) is 0 Å². The van der Waals surface area contributed by atoms with Crippen LogP contribution in [0.2, 0.25) is 0 Å². The van der Waals surface area contributed by atoms with Crippen molar-refractivity contribution in [3.63, 3.8) is 0 Å². The number of phenolic OH excluding ortho intramolecular Hbond substituents is 1. The van der Waals surface area contributed by atoms with Gasteiger partial charge in [-0.2, -0.15) is 0 Å². The zero-order chi connectivity index (χ0) is 15.6. The standard InChI is InChI=1S/C14H10Br2N2O2S/c15-7-1-3-11(9(5-7)13(17)21)18-14(20)10-6-8(16)2-4-12(10)19/h1-6,19H,(H2,17,21)(H,18,20). The highest BCUT2D eigenvalue weighted by molar-refractivity contribution is 9.10. The number of amides is 1. The summed E-state index contributed by atoms with van der Waals surface area (Å²) < 4.78 is 1.49. The molecule has 2 aromatic carbocycles. The second-order valence-corrected chi connectivity index (χ2v) is 6.44. The molecule has 4 N–H and O–H groups in total. The Morgan fingerprint density at radius 3 is 2.29 bits per heavy atom. The minimum absolute atomic E-state index is 0.107. The quantitative estimate of drug-likeness (QED) is 0.648. The highest BCUT2D eigenvalue weighted by Gasteiger charge is 2.14. The van der Waals surface area contributed by atoms with Gasteiger partial charge in [0.05, 0.1) is 11.3 Å². The number of nitrogens with two attached hydrogens (primary N) is 1. The van der Waals surface area contributed by atoms with E-state index < -0.39 is 5.91 Å². The third-order valence-electron chi connectivity index (χ3n) is 2.70. The Morgan fingerprint density at radius 1 is 1.10 bits per heavy atom. The van der Waals surface area contributed by atoms with E-state index in [9.17, 15) is 9.90 Å². The molecule has 0 spiro atoms. The van der Waals surface area contributed by atoms with Gasteiger partial charge in [-0.05, 0) is 36.4 Å². The zero-order valence-corrected chi connectivity index (χ0v) is 14.5. The maximum absolute atomic E-state index is 12.3. The third-order valence-corrected chi connectivity index (χ3v) is 3.90. The van der Waals surface area contributed by atoms with E-state index in [1.807, 2.05) is 0 Å². The van der Waals surface area contributed by atoms with E-state index in [1.165, 1.54) is 12.1 Å². The van der Waals surface area contributed by atoms with Crippen molar-refractivity contribution in [3.8, 4) is 5.75 Å². The maximum Gasteiger partial charge on any atom is 0.259 e. The molecule has 0 aliphatic rings. The van der Waals surface area contributed by atoms with Crippen LogP contribution < -0.4 is 11.1 Å². The van der Waals surface area contributed by atoms with Crippen LogP contribution in [-0.2, 0) is 0 Å². The van der Waals surface area contributed by atoms with Gasteiger partial charge < -0.3 is 16.2 Å². The molecular weight excluding hydrogens is 420 g/mol. The summed E-state index contributed by atoms with van der Waals surface area (Å²) in [6.45, 7) is 0. The molecule has 0 aliphatic carbocycles. The van der Waals surface area contributed by atoms with Crippen LogP contribution in [0.1, 0.15) is 15.9 Å². The van der Waals surface area contributed by atoms with E-state index in [2.05, 4.69) is 37.2 Å². The fourth-order valence-electron chi connectivity index (χ4n) is 1.71. The van der Waals surface area contributed by atoms with Gasteiger partial charge in [-0.1, -0.05) is 44.1 Å². The normalized spacial score (nSPS) is 10.2. The van der Waals surface area contributed by atoms with E-state index >= 15 is 0 Å². The monoisotopic (exact) mass is 428 g/mol. The molecule has 0 fully saturated rings. The van der Waals surface area contributed by atoms with Crippen LogP contribution in [0, 0.1) is 0 Å². The third kappa shape index (κ3) is 3.81. The molecular formula is C14H10Br2N2O2S. The first-order valence-electron chi connectivity index (χ1n) is 5.77. The van der Waals surface area contributed by atoms with Gasteiger partial charge in [-0.3, -0.25) is 4.79 Å². The van der Waals surface area contributed by atoms with E-state index in [4.69, 9.17) is 18.0 Å². The zero-order valence-electron chi connectivity index (χ0n) is 10.6. The summed E-state index contributed by atoms with van der Waals surface area (Å²) in [6, 6.07) is 9.79. The molecule has 2 aromatic rings. The van der Waals surface area contributed by atoms with Gasteiger partial charge in [0.2, 0.25) is 0 Å². The van der Waals surface area contributed by atoms with Crippen LogP contribution in [0.4, 0.5) is 5.69 Å². The maximum atomic E-state index is 12.3. The van der Waals surface area contributed by atoms with Gasteiger partial charge in [0, 0.05) is 14.5 Å². The highest BCUT2D eigenvalue weighted by Crippen LogP contribution is 2.25. The van der Waals surface area contributed by atoms with Gasteiger partial charge in [0.25, 0.3) is 5.91 Å². The smallest absolute Gasteiger partial charge is 0.259 e. The van der Waals surface area contributed by atoms with Crippen LogP contribution in [0.25, 0.3) is 0 Å². The van der Waals surface area contributed by atoms with Gasteiger partial charge in [-0.25, -0.2) is 0 Å². The topological polar surface area (TPSA) is 75.3 Å².